The molecule has 1 aromatic carbocycles. The second kappa shape index (κ2) is 4.62. The van der Waals surface area contributed by atoms with Gasteiger partial charge in [0.15, 0.2) is 0 Å². The molecule has 0 saturated carbocycles. The molecular weight excluding hydrogens is 249 g/mol. The number of amides is 1. The van der Waals surface area contributed by atoms with Gasteiger partial charge in [0.05, 0.1) is 10.7 Å². The van der Waals surface area contributed by atoms with Crippen LogP contribution in [0.2, 0.25) is 10.0 Å². The van der Waals surface area contributed by atoms with E-state index in [9.17, 15) is 4.79 Å². The van der Waals surface area contributed by atoms with E-state index in [0.717, 1.165) is 0 Å². The fourth-order valence-electron chi connectivity index (χ4n) is 1.84. The Balaban J connectivity index is 2.28. The molecule has 1 aliphatic rings. The molecule has 1 saturated heterocycles. The van der Waals surface area contributed by atoms with E-state index in [1.807, 2.05) is 0 Å². The Morgan fingerprint density at radius 1 is 1.44 bits per heavy atom. The van der Waals surface area contributed by atoms with Crippen LogP contribution in [0.1, 0.15) is 6.42 Å². The number of benzene rings is 1. The summed E-state index contributed by atoms with van der Waals surface area (Å²) in [7, 11) is 0. The quantitative estimate of drug-likeness (QED) is 0.886. The monoisotopic (exact) mass is 259 g/mol. The van der Waals surface area contributed by atoms with Gasteiger partial charge in [-0.1, -0.05) is 23.2 Å². The number of anilines is 1. The van der Waals surface area contributed by atoms with Crippen molar-refractivity contribution in [3.63, 3.8) is 0 Å². The summed E-state index contributed by atoms with van der Waals surface area (Å²) in [6.45, 7) is 0.532. The predicted molar refractivity (Wildman–Crippen MR) is 64.0 cm³/mol. The third kappa shape index (κ3) is 2.17. The molecule has 1 N–H and O–H groups in total. The van der Waals surface area contributed by atoms with E-state index in [2.05, 4.69) is 0 Å². The standard InChI is InChI=1S/C11H11Cl2NO2/c12-8-1-2-10(9(13)4-8)14-5-7(6-15)3-11(14)16/h1-2,4,7,15H,3,5-6H2. The molecule has 1 aliphatic heterocycles. The van der Waals surface area contributed by atoms with Crippen LogP contribution in [0.4, 0.5) is 5.69 Å². The summed E-state index contributed by atoms with van der Waals surface area (Å²) < 4.78 is 0. The SMILES string of the molecule is O=C1CC(CO)CN1c1ccc(Cl)cc1Cl. The van der Waals surface area contributed by atoms with Crippen molar-refractivity contribution >= 4 is 34.8 Å². The third-order valence-electron chi connectivity index (χ3n) is 2.66. The number of aliphatic hydroxyl groups is 1. The number of rotatable bonds is 2. The topological polar surface area (TPSA) is 40.5 Å². The molecule has 86 valence electrons. The maximum Gasteiger partial charge on any atom is 0.227 e. The zero-order valence-corrected chi connectivity index (χ0v) is 10.0. The van der Waals surface area contributed by atoms with Gasteiger partial charge in [-0.25, -0.2) is 0 Å². The van der Waals surface area contributed by atoms with E-state index in [1.54, 1.807) is 23.1 Å². The number of hydrogen-bond acceptors (Lipinski definition) is 2. The molecule has 0 aliphatic carbocycles. The highest BCUT2D eigenvalue weighted by Crippen LogP contribution is 2.32. The fraction of sp³-hybridized carbons (Fsp3) is 0.364. The average molecular weight is 260 g/mol. The van der Waals surface area contributed by atoms with Crippen LogP contribution in [0.3, 0.4) is 0 Å². The van der Waals surface area contributed by atoms with Gasteiger partial charge in [-0.3, -0.25) is 4.79 Å². The first-order valence-corrected chi connectivity index (χ1v) is 5.73. The third-order valence-corrected chi connectivity index (χ3v) is 3.20. The Labute approximate surface area is 104 Å². The number of hydrogen-bond donors (Lipinski definition) is 1. The summed E-state index contributed by atoms with van der Waals surface area (Å²) in [5.74, 6) is -0.0116. The molecule has 1 heterocycles. The van der Waals surface area contributed by atoms with E-state index in [-0.39, 0.29) is 18.4 Å². The molecule has 1 unspecified atom stereocenters. The van der Waals surface area contributed by atoms with Crippen molar-refractivity contribution in [2.75, 3.05) is 18.1 Å². The highest BCUT2D eigenvalue weighted by Gasteiger charge is 2.31. The minimum Gasteiger partial charge on any atom is -0.396 e. The molecule has 1 amide bonds. The van der Waals surface area contributed by atoms with Crippen molar-refractivity contribution in [1.29, 1.82) is 0 Å². The smallest absolute Gasteiger partial charge is 0.227 e. The minimum absolute atomic E-state index is 0.000699. The minimum atomic E-state index is -0.0109. The van der Waals surface area contributed by atoms with Crippen LogP contribution in [0.15, 0.2) is 18.2 Å². The Hall–Kier alpha value is -0.770. The molecule has 16 heavy (non-hydrogen) atoms. The molecule has 0 bridgehead atoms. The summed E-state index contributed by atoms with van der Waals surface area (Å²) >= 11 is 11.8. The molecule has 5 heteroatoms. The van der Waals surface area contributed by atoms with Crippen LogP contribution in [0.5, 0.6) is 0 Å². The number of carbonyl (C=O) groups is 1. The van der Waals surface area contributed by atoms with Gasteiger partial charge in [-0.05, 0) is 18.2 Å². The molecule has 0 aromatic heterocycles. The van der Waals surface area contributed by atoms with Crippen LogP contribution in [-0.2, 0) is 4.79 Å². The summed E-state index contributed by atoms with van der Waals surface area (Å²) in [6, 6.07) is 5.03. The van der Waals surface area contributed by atoms with Crippen LogP contribution in [0.25, 0.3) is 0 Å². The summed E-state index contributed by atoms with van der Waals surface area (Å²) in [5, 5.41) is 10.0. The second-order valence-corrected chi connectivity index (χ2v) is 4.70. The zero-order chi connectivity index (χ0) is 11.7. The van der Waals surface area contributed by atoms with Crippen molar-refractivity contribution in [2.45, 2.75) is 6.42 Å². The highest BCUT2D eigenvalue weighted by molar-refractivity contribution is 6.36. The van der Waals surface area contributed by atoms with Gasteiger partial charge in [0.2, 0.25) is 5.91 Å². The van der Waals surface area contributed by atoms with Gasteiger partial charge in [0.1, 0.15) is 0 Å². The first-order valence-electron chi connectivity index (χ1n) is 4.98. The summed E-state index contributed by atoms with van der Waals surface area (Å²) in [4.78, 5) is 13.3. The summed E-state index contributed by atoms with van der Waals surface area (Å²) in [5.41, 5.74) is 0.659. The Morgan fingerprint density at radius 3 is 2.75 bits per heavy atom. The van der Waals surface area contributed by atoms with Crippen molar-refractivity contribution in [3.05, 3.63) is 28.2 Å². The van der Waals surface area contributed by atoms with Crippen molar-refractivity contribution < 1.29 is 9.90 Å². The van der Waals surface area contributed by atoms with Crippen LogP contribution in [0, 0.1) is 5.92 Å². The largest absolute Gasteiger partial charge is 0.396 e. The van der Waals surface area contributed by atoms with E-state index >= 15 is 0 Å². The lowest BCUT2D eigenvalue weighted by molar-refractivity contribution is -0.117. The lowest BCUT2D eigenvalue weighted by Gasteiger charge is -2.18. The number of nitrogens with zero attached hydrogens (tertiary/aromatic N) is 1. The lowest BCUT2D eigenvalue weighted by atomic mass is 10.1. The number of aliphatic hydroxyl groups excluding tert-OH is 1. The van der Waals surface area contributed by atoms with E-state index in [4.69, 9.17) is 28.3 Å². The van der Waals surface area contributed by atoms with Crippen LogP contribution in [-0.4, -0.2) is 24.2 Å². The normalized spacial score (nSPS) is 20.6. The van der Waals surface area contributed by atoms with Gasteiger partial charge in [0.25, 0.3) is 0 Å². The van der Waals surface area contributed by atoms with E-state index in [1.165, 1.54) is 0 Å². The van der Waals surface area contributed by atoms with Gasteiger partial charge >= 0.3 is 0 Å². The lowest BCUT2D eigenvalue weighted by Crippen LogP contribution is -2.25. The van der Waals surface area contributed by atoms with E-state index < -0.39 is 0 Å². The fourth-order valence-corrected chi connectivity index (χ4v) is 2.35. The summed E-state index contributed by atoms with van der Waals surface area (Å²) in [6.07, 6.45) is 0.370. The van der Waals surface area contributed by atoms with Crippen LogP contribution >= 0.6 is 23.2 Å². The zero-order valence-electron chi connectivity index (χ0n) is 8.49. The first kappa shape index (κ1) is 11.7. The maximum absolute atomic E-state index is 11.7. The number of carbonyl (C=O) groups excluding carboxylic acids is 1. The van der Waals surface area contributed by atoms with E-state index in [0.29, 0.717) is 28.7 Å². The molecular formula is C11H11Cl2NO2. The van der Waals surface area contributed by atoms with Gasteiger partial charge < -0.3 is 10.0 Å². The van der Waals surface area contributed by atoms with Crippen molar-refractivity contribution in [1.82, 2.24) is 0 Å². The number of halogens is 2. The molecule has 0 radical (unpaired) electrons. The van der Waals surface area contributed by atoms with Crippen molar-refractivity contribution in [2.24, 2.45) is 5.92 Å². The molecule has 1 aromatic rings. The van der Waals surface area contributed by atoms with Gasteiger partial charge in [-0.15, -0.1) is 0 Å². The van der Waals surface area contributed by atoms with Gasteiger partial charge in [0, 0.05) is 30.5 Å². The molecule has 3 nitrogen and oxygen atoms in total. The molecule has 1 atom stereocenters. The molecule has 1 fully saturated rings. The first-order chi connectivity index (χ1) is 7.61. The van der Waals surface area contributed by atoms with Crippen LogP contribution < -0.4 is 4.90 Å². The maximum atomic E-state index is 11.7. The Kier molecular flexibility index (Phi) is 3.38. The molecule has 2 rings (SSSR count). The van der Waals surface area contributed by atoms with Gasteiger partial charge in [-0.2, -0.15) is 0 Å². The predicted octanol–water partition coefficient (Wildman–Crippen LogP) is 2.34. The second-order valence-electron chi connectivity index (χ2n) is 3.85. The Morgan fingerprint density at radius 2 is 2.19 bits per heavy atom. The Bertz CT molecular complexity index is 422. The average Bonchev–Trinajstić information content (AvgIpc) is 2.60. The highest BCUT2D eigenvalue weighted by atomic mass is 35.5. The molecule has 0 spiro atoms. The van der Waals surface area contributed by atoms with Crippen molar-refractivity contribution in [3.8, 4) is 0 Å².